The smallest absolute Gasteiger partial charge is 0.107 e. The molecule has 2 N–H and O–H groups in total. The van der Waals surface area contributed by atoms with Gasteiger partial charge in [0.2, 0.25) is 0 Å². The van der Waals surface area contributed by atoms with E-state index in [4.69, 9.17) is 22.1 Å². The number of ether oxygens (including phenoxy) is 1. The Kier molecular flexibility index (Phi) is 5.70. The lowest BCUT2D eigenvalue weighted by Gasteiger charge is -2.32. The first kappa shape index (κ1) is 15.3. The predicted octanol–water partition coefficient (Wildman–Crippen LogP) is 4.78. The van der Waals surface area contributed by atoms with Gasteiger partial charge in [0, 0.05) is 10.9 Å². The van der Waals surface area contributed by atoms with E-state index in [2.05, 4.69) is 19.9 Å². The first-order valence-electron chi connectivity index (χ1n) is 7.26. The number of hydrogen-bond donors (Lipinski definition) is 1. The van der Waals surface area contributed by atoms with Crippen molar-refractivity contribution in [3.8, 4) is 0 Å². The third-order valence-electron chi connectivity index (χ3n) is 4.04. The Balaban J connectivity index is 2.02. The van der Waals surface area contributed by atoms with Gasteiger partial charge in [-0.05, 0) is 50.2 Å². The molecule has 108 valence electrons. The van der Waals surface area contributed by atoms with Crippen molar-refractivity contribution in [2.75, 3.05) is 0 Å². The minimum Gasteiger partial charge on any atom is -0.368 e. The van der Waals surface area contributed by atoms with E-state index >= 15 is 0 Å². The van der Waals surface area contributed by atoms with Crippen molar-refractivity contribution in [1.82, 2.24) is 0 Å². The summed E-state index contributed by atoms with van der Waals surface area (Å²) < 4.78 is 7.13. The van der Waals surface area contributed by atoms with Crippen LogP contribution in [0, 0.1) is 5.92 Å². The van der Waals surface area contributed by atoms with E-state index in [1.54, 1.807) is 11.3 Å². The van der Waals surface area contributed by atoms with Crippen LogP contribution in [-0.4, -0.2) is 12.1 Å². The molecule has 1 aromatic rings. The van der Waals surface area contributed by atoms with Gasteiger partial charge in [0.1, 0.15) is 6.10 Å². The topological polar surface area (TPSA) is 35.2 Å². The summed E-state index contributed by atoms with van der Waals surface area (Å²) in [6.07, 6.45) is 6.14. The van der Waals surface area contributed by atoms with Crippen molar-refractivity contribution in [1.29, 1.82) is 0 Å². The van der Waals surface area contributed by atoms with Crippen molar-refractivity contribution in [2.45, 2.75) is 64.2 Å². The van der Waals surface area contributed by atoms with Crippen LogP contribution in [0.4, 0.5) is 0 Å². The molecule has 1 saturated carbocycles. The quantitative estimate of drug-likeness (QED) is 0.850. The Morgan fingerprint density at radius 3 is 2.58 bits per heavy atom. The minimum absolute atomic E-state index is 0.000839. The summed E-state index contributed by atoms with van der Waals surface area (Å²) in [7, 11) is 0. The first-order valence-corrected chi connectivity index (χ1v) is 8.45. The van der Waals surface area contributed by atoms with E-state index in [1.807, 2.05) is 6.07 Å². The maximum atomic E-state index is 6.32. The second-order valence-corrected chi connectivity index (χ2v) is 7.40. The molecule has 1 aliphatic rings. The van der Waals surface area contributed by atoms with Crippen molar-refractivity contribution < 1.29 is 4.74 Å². The lowest BCUT2D eigenvalue weighted by atomic mass is 9.88. The number of thiophene rings is 1. The molecule has 0 aromatic carbocycles. The molecule has 0 radical (unpaired) electrons. The molecule has 0 amide bonds. The molecule has 0 bridgehead atoms. The van der Waals surface area contributed by atoms with Crippen molar-refractivity contribution >= 4 is 22.9 Å². The number of nitrogens with two attached hydrogens (primary N) is 1. The van der Waals surface area contributed by atoms with Gasteiger partial charge in [-0.1, -0.05) is 25.4 Å². The minimum atomic E-state index is 0.000839. The Labute approximate surface area is 125 Å². The highest BCUT2D eigenvalue weighted by atomic mass is 35.5. The van der Waals surface area contributed by atoms with Gasteiger partial charge in [-0.3, -0.25) is 0 Å². The van der Waals surface area contributed by atoms with Gasteiger partial charge in [0.05, 0.1) is 10.4 Å². The molecule has 1 aliphatic carbocycles. The van der Waals surface area contributed by atoms with E-state index in [9.17, 15) is 0 Å². The second-order valence-electron chi connectivity index (χ2n) is 5.65. The molecular weight excluding hydrogens is 278 g/mol. The lowest BCUT2D eigenvalue weighted by Crippen LogP contribution is -2.33. The Bertz CT molecular complexity index is 387. The van der Waals surface area contributed by atoms with E-state index in [0.717, 1.165) is 34.4 Å². The lowest BCUT2D eigenvalue weighted by molar-refractivity contribution is -0.0471. The zero-order valence-electron chi connectivity index (χ0n) is 11.8. The molecule has 2 rings (SSSR count). The summed E-state index contributed by atoms with van der Waals surface area (Å²) in [5.41, 5.74) is 6.24. The van der Waals surface area contributed by atoms with E-state index < -0.39 is 0 Å². The molecule has 0 spiro atoms. The van der Waals surface area contributed by atoms with Gasteiger partial charge in [0.25, 0.3) is 0 Å². The Morgan fingerprint density at radius 1 is 1.37 bits per heavy atom. The normalized spacial score (nSPS) is 27.2. The highest BCUT2D eigenvalue weighted by molar-refractivity contribution is 7.16. The maximum Gasteiger partial charge on any atom is 0.107 e. The third kappa shape index (κ3) is 4.19. The molecule has 2 atom stereocenters. The molecule has 0 saturated heterocycles. The van der Waals surface area contributed by atoms with Crippen LogP contribution in [0.25, 0.3) is 0 Å². The molecule has 19 heavy (non-hydrogen) atoms. The fourth-order valence-corrected chi connectivity index (χ4v) is 3.82. The van der Waals surface area contributed by atoms with Crippen LogP contribution in [0.3, 0.4) is 0 Å². The number of rotatable bonds is 5. The average Bonchev–Trinajstić information content (AvgIpc) is 2.83. The van der Waals surface area contributed by atoms with Gasteiger partial charge in [-0.2, -0.15) is 0 Å². The Morgan fingerprint density at radius 2 is 2.05 bits per heavy atom. The molecule has 1 aromatic heterocycles. The molecule has 1 fully saturated rings. The van der Waals surface area contributed by atoms with Gasteiger partial charge < -0.3 is 10.5 Å². The van der Waals surface area contributed by atoms with Crippen LogP contribution in [0.2, 0.25) is 4.34 Å². The standard InChI is InChI=1S/C15H24ClNOS/c1-3-12(17)15(13-8-9-14(16)19-13)18-11-6-4-10(2)5-7-11/h8-12,15H,3-7,17H2,1-2H3. The summed E-state index contributed by atoms with van der Waals surface area (Å²) in [5.74, 6) is 0.842. The fourth-order valence-electron chi connectivity index (χ4n) is 2.65. The first-order chi connectivity index (χ1) is 9.10. The zero-order valence-corrected chi connectivity index (χ0v) is 13.3. The fraction of sp³-hybridized carbons (Fsp3) is 0.733. The van der Waals surface area contributed by atoms with Crippen LogP contribution in [0.15, 0.2) is 12.1 Å². The highest BCUT2D eigenvalue weighted by Gasteiger charge is 2.27. The van der Waals surface area contributed by atoms with E-state index in [1.165, 1.54) is 12.8 Å². The van der Waals surface area contributed by atoms with Crippen molar-refractivity contribution in [2.24, 2.45) is 11.7 Å². The van der Waals surface area contributed by atoms with Crippen LogP contribution >= 0.6 is 22.9 Å². The van der Waals surface area contributed by atoms with Gasteiger partial charge in [-0.15, -0.1) is 11.3 Å². The summed E-state index contributed by atoms with van der Waals surface area (Å²) >= 11 is 7.63. The molecule has 1 heterocycles. The van der Waals surface area contributed by atoms with Gasteiger partial charge in [0.15, 0.2) is 0 Å². The van der Waals surface area contributed by atoms with Crippen LogP contribution in [0.1, 0.15) is 56.9 Å². The van der Waals surface area contributed by atoms with E-state index in [0.29, 0.717) is 6.10 Å². The molecule has 0 aliphatic heterocycles. The summed E-state index contributed by atoms with van der Waals surface area (Å²) in [6, 6.07) is 4.04. The monoisotopic (exact) mass is 301 g/mol. The molecule has 2 unspecified atom stereocenters. The maximum absolute atomic E-state index is 6.32. The number of hydrogen-bond acceptors (Lipinski definition) is 3. The zero-order chi connectivity index (χ0) is 13.8. The summed E-state index contributed by atoms with van der Waals surface area (Å²) in [5, 5.41) is 0. The average molecular weight is 302 g/mol. The van der Waals surface area contributed by atoms with E-state index in [-0.39, 0.29) is 12.1 Å². The predicted molar refractivity (Wildman–Crippen MR) is 82.8 cm³/mol. The van der Waals surface area contributed by atoms with Crippen molar-refractivity contribution in [3.05, 3.63) is 21.3 Å². The molecule has 2 nitrogen and oxygen atoms in total. The van der Waals surface area contributed by atoms with Crippen molar-refractivity contribution in [3.63, 3.8) is 0 Å². The molecule has 4 heteroatoms. The molecular formula is C15H24ClNOS. The van der Waals surface area contributed by atoms with Gasteiger partial charge in [-0.25, -0.2) is 0 Å². The third-order valence-corrected chi connectivity index (χ3v) is 5.33. The summed E-state index contributed by atoms with van der Waals surface area (Å²) in [6.45, 7) is 4.43. The van der Waals surface area contributed by atoms with Gasteiger partial charge >= 0.3 is 0 Å². The van der Waals surface area contributed by atoms with Crippen LogP contribution in [0.5, 0.6) is 0 Å². The second kappa shape index (κ2) is 7.07. The Hall–Kier alpha value is -0.0900. The number of halogens is 1. The largest absolute Gasteiger partial charge is 0.368 e. The van der Waals surface area contributed by atoms with Crippen LogP contribution in [-0.2, 0) is 4.74 Å². The summed E-state index contributed by atoms with van der Waals surface area (Å²) in [4.78, 5) is 1.16. The van der Waals surface area contributed by atoms with Crippen LogP contribution < -0.4 is 5.73 Å². The SMILES string of the molecule is CCC(N)C(OC1CCC(C)CC1)c1ccc(Cl)s1. The highest BCUT2D eigenvalue weighted by Crippen LogP contribution is 2.35.